The Balaban J connectivity index is 1.20. The van der Waals surface area contributed by atoms with Gasteiger partial charge < -0.3 is 14.0 Å². The lowest BCUT2D eigenvalue weighted by molar-refractivity contribution is -0.0745. The van der Waals surface area contributed by atoms with Gasteiger partial charge in [0.25, 0.3) is 0 Å². The van der Waals surface area contributed by atoms with Crippen molar-refractivity contribution in [3.8, 4) is 22.6 Å². The van der Waals surface area contributed by atoms with E-state index in [2.05, 4.69) is 25.0 Å². The van der Waals surface area contributed by atoms with E-state index < -0.39 is 5.60 Å². The first-order chi connectivity index (χ1) is 16.1. The molecule has 1 N–H and O–H groups in total. The summed E-state index contributed by atoms with van der Waals surface area (Å²) >= 11 is 0. The maximum atomic E-state index is 11.2. The van der Waals surface area contributed by atoms with Gasteiger partial charge in [-0.1, -0.05) is 23.4 Å². The SMILES string of the molecule is Cc1nccc(-c2cccc(-c3noc(CN4C5CCC4CC(O)(c4ccco4)C5)n3)c2)n1. The van der Waals surface area contributed by atoms with Crippen LogP contribution < -0.4 is 0 Å². The summed E-state index contributed by atoms with van der Waals surface area (Å²) in [6, 6.07) is 14.1. The number of furan rings is 1. The topological polar surface area (TPSA) is 101 Å². The van der Waals surface area contributed by atoms with Crippen LogP contribution in [0.15, 0.2) is 63.9 Å². The lowest BCUT2D eigenvalue weighted by Gasteiger charge is -2.42. The van der Waals surface area contributed by atoms with Gasteiger partial charge in [-0.3, -0.25) is 4.90 Å². The minimum Gasteiger partial charge on any atom is -0.466 e. The maximum Gasteiger partial charge on any atom is 0.241 e. The Morgan fingerprint density at radius 1 is 1.06 bits per heavy atom. The molecule has 8 heteroatoms. The molecule has 2 unspecified atom stereocenters. The number of hydrogen-bond acceptors (Lipinski definition) is 8. The van der Waals surface area contributed by atoms with Gasteiger partial charge in [0.2, 0.25) is 11.7 Å². The molecule has 2 fully saturated rings. The number of fused-ring (bicyclic) bond motifs is 2. The first kappa shape index (κ1) is 20.3. The number of piperidine rings is 1. The van der Waals surface area contributed by atoms with Gasteiger partial charge in [0.05, 0.1) is 18.5 Å². The molecule has 2 atom stereocenters. The number of aliphatic hydroxyl groups is 1. The monoisotopic (exact) mass is 443 g/mol. The van der Waals surface area contributed by atoms with Crippen LogP contribution >= 0.6 is 0 Å². The third-order valence-corrected chi connectivity index (χ3v) is 6.88. The Morgan fingerprint density at radius 2 is 1.88 bits per heavy atom. The molecule has 0 saturated carbocycles. The molecular weight excluding hydrogens is 418 g/mol. The fourth-order valence-corrected chi connectivity index (χ4v) is 5.35. The molecular formula is C25H25N5O3. The Kier molecular flexibility index (Phi) is 4.85. The van der Waals surface area contributed by atoms with Crippen LogP contribution in [0.1, 0.15) is 43.2 Å². The number of rotatable bonds is 5. The van der Waals surface area contributed by atoms with E-state index in [9.17, 15) is 5.11 Å². The lowest BCUT2D eigenvalue weighted by Crippen LogP contribution is -2.49. The Labute approximate surface area is 191 Å². The molecule has 0 aliphatic carbocycles. The molecule has 168 valence electrons. The van der Waals surface area contributed by atoms with Crippen molar-refractivity contribution >= 4 is 0 Å². The van der Waals surface area contributed by atoms with E-state index in [1.165, 1.54) is 0 Å². The van der Waals surface area contributed by atoms with Crippen molar-refractivity contribution < 1.29 is 14.0 Å². The summed E-state index contributed by atoms with van der Waals surface area (Å²) in [6.07, 6.45) is 6.79. The zero-order valence-corrected chi connectivity index (χ0v) is 18.4. The Hall–Kier alpha value is -3.36. The van der Waals surface area contributed by atoms with Crippen LogP contribution in [0.5, 0.6) is 0 Å². The van der Waals surface area contributed by atoms with Gasteiger partial charge in [-0.05, 0) is 56.9 Å². The summed E-state index contributed by atoms with van der Waals surface area (Å²) in [6.45, 7) is 2.46. The molecule has 2 bridgehead atoms. The van der Waals surface area contributed by atoms with Crippen LogP contribution in [-0.4, -0.2) is 42.2 Å². The maximum absolute atomic E-state index is 11.2. The summed E-state index contributed by atoms with van der Waals surface area (Å²) in [4.78, 5) is 15.7. The van der Waals surface area contributed by atoms with Crippen LogP contribution in [-0.2, 0) is 12.1 Å². The number of nitrogens with zero attached hydrogens (tertiary/aromatic N) is 5. The number of aromatic nitrogens is 4. The fourth-order valence-electron chi connectivity index (χ4n) is 5.35. The smallest absolute Gasteiger partial charge is 0.241 e. The molecule has 0 amide bonds. The molecule has 8 nitrogen and oxygen atoms in total. The first-order valence-corrected chi connectivity index (χ1v) is 11.3. The number of hydrogen-bond donors (Lipinski definition) is 1. The van der Waals surface area contributed by atoms with E-state index in [4.69, 9.17) is 8.94 Å². The van der Waals surface area contributed by atoms with Crippen molar-refractivity contribution in [3.05, 3.63) is 72.4 Å². The largest absolute Gasteiger partial charge is 0.466 e. The molecule has 5 heterocycles. The van der Waals surface area contributed by atoms with Crippen molar-refractivity contribution in [2.75, 3.05) is 0 Å². The normalized spacial score (nSPS) is 24.9. The van der Waals surface area contributed by atoms with Crippen molar-refractivity contribution in [2.24, 2.45) is 0 Å². The van der Waals surface area contributed by atoms with Crippen LogP contribution in [0, 0.1) is 6.92 Å². The summed E-state index contributed by atoms with van der Waals surface area (Å²) in [5.74, 6) is 2.55. The van der Waals surface area contributed by atoms with Gasteiger partial charge in [-0.25, -0.2) is 9.97 Å². The van der Waals surface area contributed by atoms with E-state index in [-0.39, 0.29) is 12.1 Å². The molecule has 3 aromatic heterocycles. The molecule has 1 aromatic carbocycles. The third-order valence-electron chi connectivity index (χ3n) is 6.88. The average Bonchev–Trinajstić information content (AvgIpc) is 3.56. The molecule has 2 aliphatic rings. The van der Waals surface area contributed by atoms with E-state index in [1.54, 1.807) is 12.5 Å². The van der Waals surface area contributed by atoms with E-state index in [1.807, 2.05) is 49.4 Å². The quantitative estimate of drug-likeness (QED) is 0.492. The predicted molar refractivity (Wildman–Crippen MR) is 120 cm³/mol. The van der Waals surface area contributed by atoms with Crippen molar-refractivity contribution in [3.63, 3.8) is 0 Å². The zero-order valence-electron chi connectivity index (χ0n) is 18.4. The van der Waals surface area contributed by atoms with Crippen LogP contribution in [0.2, 0.25) is 0 Å². The third kappa shape index (κ3) is 3.75. The second-order valence-electron chi connectivity index (χ2n) is 9.06. The summed E-state index contributed by atoms with van der Waals surface area (Å²) in [5.41, 5.74) is 1.83. The minimum atomic E-state index is -0.897. The van der Waals surface area contributed by atoms with Crippen LogP contribution in [0.3, 0.4) is 0 Å². The Morgan fingerprint density at radius 3 is 2.64 bits per heavy atom. The predicted octanol–water partition coefficient (Wildman–Crippen LogP) is 4.11. The molecule has 2 aliphatic heterocycles. The van der Waals surface area contributed by atoms with Gasteiger partial charge in [-0.2, -0.15) is 4.98 Å². The lowest BCUT2D eigenvalue weighted by atomic mass is 9.84. The van der Waals surface area contributed by atoms with Crippen LogP contribution in [0.4, 0.5) is 0 Å². The van der Waals surface area contributed by atoms with Gasteiger partial charge in [0.15, 0.2) is 0 Å². The number of aryl methyl sites for hydroxylation is 1. The highest BCUT2D eigenvalue weighted by molar-refractivity contribution is 5.67. The first-order valence-electron chi connectivity index (χ1n) is 11.3. The molecule has 2 saturated heterocycles. The molecule has 0 radical (unpaired) electrons. The summed E-state index contributed by atoms with van der Waals surface area (Å²) < 4.78 is 11.2. The summed E-state index contributed by atoms with van der Waals surface area (Å²) in [5, 5.41) is 15.4. The van der Waals surface area contributed by atoms with Crippen molar-refractivity contribution in [1.82, 2.24) is 25.0 Å². The van der Waals surface area contributed by atoms with Crippen LogP contribution in [0.25, 0.3) is 22.6 Å². The van der Waals surface area contributed by atoms with E-state index in [0.717, 1.165) is 35.5 Å². The fraction of sp³-hybridized carbons (Fsp3) is 0.360. The minimum absolute atomic E-state index is 0.263. The molecule has 0 spiro atoms. The van der Waals surface area contributed by atoms with Gasteiger partial charge in [-0.15, -0.1) is 0 Å². The molecule has 6 rings (SSSR count). The van der Waals surface area contributed by atoms with Gasteiger partial charge >= 0.3 is 0 Å². The molecule has 4 aromatic rings. The second kappa shape index (κ2) is 7.90. The highest BCUT2D eigenvalue weighted by Crippen LogP contribution is 2.46. The van der Waals surface area contributed by atoms with Gasteiger partial charge in [0.1, 0.15) is 17.2 Å². The zero-order chi connectivity index (χ0) is 22.4. The highest BCUT2D eigenvalue weighted by atomic mass is 16.5. The summed E-state index contributed by atoms with van der Waals surface area (Å²) in [7, 11) is 0. The van der Waals surface area contributed by atoms with Crippen molar-refractivity contribution in [2.45, 2.75) is 56.8 Å². The van der Waals surface area contributed by atoms with Crippen molar-refractivity contribution in [1.29, 1.82) is 0 Å². The standard InChI is InChI=1S/C25H25N5O3/c1-16-26-10-9-21(27-16)17-4-2-5-18(12-17)24-28-23(33-29-24)15-30-19-7-8-20(30)14-25(31,13-19)22-6-3-11-32-22/h2-6,9-12,19-20,31H,7-8,13-15H2,1H3. The van der Waals surface area contributed by atoms with E-state index in [0.29, 0.717) is 36.9 Å². The second-order valence-corrected chi connectivity index (χ2v) is 9.06. The van der Waals surface area contributed by atoms with Gasteiger partial charge in [0, 0.05) is 29.4 Å². The average molecular weight is 444 g/mol. The highest BCUT2D eigenvalue weighted by Gasteiger charge is 2.49. The number of benzene rings is 1. The van der Waals surface area contributed by atoms with E-state index >= 15 is 0 Å². The molecule has 33 heavy (non-hydrogen) atoms. The Bertz CT molecular complexity index is 1250.